The fourth-order valence-corrected chi connectivity index (χ4v) is 5.76. The van der Waals surface area contributed by atoms with E-state index in [0.29, 0.717) is 24.6 Å². The van der Waals surface area contributed by atoms with Crippen molar-refractivity contribution in [2.45, 2.75) is 50.4 Å². The van der Waals surface area contributed by atoms with Crippen molar-refractivity contribution in [3.05, 3.63) is 75.1 Å². The van der Waals surface area contributed by atoms with Crippen LogP contribution in [-0.2, 0) is 27.5 Å². The van der Waals surface area contributed by atoms with E-state index in [-0.39, 0.29) is 18.7 Å². The Kier molecular flexibility index (Phi) is 6.58. The first-order valence-corrected chi connectivity index (χ1v) is 12.3. The first-order valence-electron chi connectivity index (χ1n) is 10.9. The van der Waals surface area contributed by atoms with Crippen LogP contribution in [0.3, 0.4) is 0 Å². The zero-order valence-corrected chi connectivity index (χ0v) is 19.6. The van der Waals surface area contributed by atoms with Crippen LogP contribution in [0.1, 0.15) is 35.1 Å². The number of aromatic nitrogens is 1. The predicted molar refractivity (Wildman–Crippen MR) is 122 cm³/mol. The van der Waals surface area contributed by atoms with E-state index in [0.717, 1.165) is 45.4 Å². The maximum Gasteiger partial charge on any atom is 0.416 e. The van der Waals surface area contributed by atoms with Crippen molar-refractivity contribution in [2.24, 2.45) is 0 Å². The molecule has 0 aliphatic carbocycles. The Morgan fingerprint density at radius 1 is 1.15 bits per heavy atom. The highest BCUT2D eigenvalue weighted by molar-refractivity contribution is 7.89. The summed E-state index contributed by atoms with van der Waals surface area (Å²) >= 11 is 0. The normalized spacial score (nSPS) is 17.1. The van der Waals surface area contributed by atoms with Gasteiger partial charge in [0, 0.05) is 36.2 Å². The van der Waals surface area contributed by atoms with E-state index in [2.05, 4.69) is 4.98 Å². The second-order valence-corrected chi connectivity index (χ2v) is 10.6. The van der Waals surface area contributed by atoms with Crippen molar-refractivity contribution in [1.29, 1.82) is 0 Å². The molecule has 0 radical (unpaired) electrons. The minimum Gasteiger partial charge on any atom is -0.377 e. The molecule has 1 aliphatic rings. The van der Waals surface area contributed by atoms with Gasteiger partial charge in [0.1, 0.15) is 0 Å². The first-order chi connectivity index (χ1) is 15.9. The first kappa shape index (κ1) is 24.4. The molecule has 2 aromatic carbocycles. The van der Waals surface area contributed by atoms with Gasteiger partial charge in [-0.1, -0.05) is 12.1 Å². The van der Waals surface area contributed by atoms with Crippen LogP contribution < -0.4 is 5.56 Å². The smallest absolute Gasteiger partial charge is 0.377 e. The van der Waals surface area contributed by atoms with Gasteiger partial charge in [-0.2, -0.15) is 17.5 Å². The van der Waals surface area contributed by atoms with E-state index in [4.69, 9.17) is 4.74 Å². The molecular weight excluding hydrogens is 469 g/mol. The summed E-state index contributed by atoms with van der Waals surface area (Å²) in [5, 5.41) is 0.772. The summed E-state index contributed by atoms with van der Waals surface area (Å²) in [5.41, 5.74) is 1.22. The molecule has 1 saturated heterocycles. The van der Waals surface area contributed by atoms with E-state index in [1.54, 1.807) is 6.07 Å². The Bertz CT molecular complexity index is 1380. The quantitative estimate of drug-likeness (QED) is 0.546. The summed E-state index contributed by atoms with van der Waals surface area (Å²) in [6, 6.07) is 9.06. The topological polar surface area (TPSA) is 79.5 Å². The molecule has 34 heavy (non-hydrogen) atoms. The van der Waals surface area contributed by atoms with Crippen molar-refractivity contribution in [2.75, 3.05) is 13.2 Å². The third kappa shape index (κ3) is 5.03. The van der Waals surface area contributed by atoms with E-state index in [1.165, 1.54) is 0 Å². The molecular formula is C24H25F3N2O4S. The van der Waals surface area contributed by atoms with E-state index in [9.17, 15) is 26.4 Å². The van der Waals surface area contributed by atoms with Crippen LogP contribution in [0.25, 0.3) is 10.9 Å². The molecule has 2 heterocycles. The average molecular weight is 495 g/mol. The van der Waals surface area contributed by atoms with E-state index < -0.39 is 38.3 Å². The van der Waals surface area contributed by atoms with Crippen LogP contribution in [0.4, 0.5) is 13.2 Å². The van der Waals surface area contributed by atoms with Gasteiger partial charge in [0.25, 0.3) is 5.56 Å². The largest absolute Gasteiger partial charge is 0.416 e. The number of rotatable bonds is 6. The molecule has 4 rings (SSSR count). The van der Waals surface area contributed by atoms with Gasteiger partial charge < -0.3 is 9.72 Å². The number of benzene rings is 2. The minimum atomic E-state index is -4.68. The van der Waals surface area contributed by atoms with Crippen LogP contribution in [0, 0.1) is 13.8 Å². The Balaban J connectivity index is 1.76. The number of H-pyrrole nitrogens is 1. The molecule has 0 amide bonds. The highest BCUT2D eigenvalue weighted by Gasteiger charge is 2.34. The number of pyridine rings is 1. The summed E-state index contributed by atoms with van der Waals surface area (Å²) in [7, 11) is -4.36. The molecule has 1 fully saturated rings. The van der Waals surface area contributed by atoms with Crippen molar-refractivity contribution in [3.8, 4) is 0 Å². The molecule has 6 nitrogen and oxygen atoms in total. The summed E-state index contributed by atoms with van der Waals surface area (Å²) in [6.45, 7) is 3.92. The fraction of sp³-hybridized carbons (Fsp3) is 0.375. The van der Waals surface area contributed by atoms with Crippen molar-refractivity contribution >= 4 is 20.9 Å². The molecule has 10 heteroatoms. The number of hydrogen-bond donors (Lipinski definition) is 1. The van der Waals surface area contributed by atoms with E-state index >= 15 is 0 Å². The van der Waals surface area contributed by atoms with Gasteiger partial charge in [-0.15, -0.1) is 0 Å². The number of alkyl halides is 3. The minimum absolute atomic E-state index is 0.0665. The molecule has 182 valence electrons. The van der Waals surface area contributed by atoms with Gasteiger partial charge in [0.15, 0.2) is 0 Å². The lowest BCUT2D eigenvalue weighted by Gasteiger charge is -2.25. The lowest BCUT2D eigenvalue weighted by Crippen LogP contribution is -2.38. The molecule has 0 bridgehead atoms. The second kappa shape index (κ2) is 9.16. The SMILES string of the molecule is Cc1cc(C)c2cc(CN(C[C@@H]3CCCO3)S(=O)(=O)c3cccc(C(F)(F)F)c3)c(=O)[nH]c2c1. The summed E-state index contributed by atoms with van der Waals surface area (Å²) in [4.78, 5) is 15.1. The van der Waals surface area contributed by atoms with Crippen LogP contribution in [0.2, 0.25) is 0 Å². The Hall–Kier alpha value is -2.69. The number of hydrogen-bond acceptors (Lipinski definition) is 4. The predicted octanol–water partition coefficient (Wildman–Crippen LogP) is 4.53. The van der Waals surface area contributed by atoms with E-state index in [1.807, 2.05) is 26.0 Å². The fourth-order valence-electron chi connectivity index (χ4n) is 4.27. The lowest BCUT2D eigenvalue weighted by atomic mass is 10.0. The Labute approximate surface area is 195 Å². The van der Waals surface area contributed by atoms with Gasteiger partial charge in [-0.25, -0.2) is 8.42 Å². The number of sulfonamides is 1. The second-order valence-electron chi connectivity index (χ2n) is 8.62. The summed E-state index contributed by atoms with van der Waals surface area (Å²) in [6.07, 6.45) is -3.70. The third-order valence-electron chi connectivity index (χ3n) is 5.97. The monoisotopic (exact) mass is 494 g/mol. The highest BCUT2D eigenvalue weighted by atomic mass is 32.2. The van der Waals surface area contributed by atoms with Crippen molar-refractivity contribution in [1.82, 2.24) is 9.29 Å². The molecule has 0 unspecified atom stereocenters. The average Bonchev–Trinajstić information content (AvgIpc) is 3.26. The molecule has 0 spiro atoms. The molecule has 0 saturated carbocycles. The number of aromatic amines is 1. The zero-order chi connectivity index (χ0) is 24.7. The van der Waals surface area contributed by atoms with Gasteiger partial charge >= 0.3 is 6.18 Å². The number of halogens is 3. The van der Waals surface area contributed by atoms with Gasteiger partial charge in [-0.05, 0) is 68.1 Å². The number of nitrogens with one attached hydrogen (secondary N) is 1. The zero-order valence-electron chi connectivity index (χ0n) is 18.8. The molecule has 3 aromatic rings. The molecule has 1 aromatic heterocycles. The van der Waals surface area contributed by atoms with Gasteiger partial charge in [0.05, 0.1) is 16.6 Å². The van der Waals surface area contributed by atoms with Crippen molar-refractivity contribution in [3.63, 3.8) is 0 Å². The lowest BCUT2D eigenvalue weighted by molar-refractivity contribution is -0.137. The number of fused-ring (bicyclic) bond motifs is 1. The molecule has 1 N–H and O–H groups in total. The highest BCUT2D eigenvalue weighted by Crippen LogP contribution is 2.32. The van der Waals surface area contributed by atoms with Crippen LogP contribution >= 0.6 is 0 Å². The third-order valence-corrected chi connectivity index (χ3v) is 7.77. The summed E-state index contributed by atoms with van der Waals surface area (Å²) < 4.78 is 73.3. The number of nitrogens with zero attached hydrogens (tertiary/aromatic N) is 1. The standard InChI is InChI=1S/C24H25F3N2O4S/c1-15-9-16(2)21-11-17(23(30)28-22(21)10-15)13-29(14-19-6-4-8-33-19)34(31,32)20-7-3-5-18(12-20)24(25,26)27/h3,5,7,9-12,19H,4,6,8,13-14H2,1-2H3,(H,28,30)/t19-/m0/s1. The Morgan fingerprint density at radius 3 is 2.59 bits per heavy atom. The number of aryl methyl sites for hydroxylation is 2. The molecule has 1 atom stereocenters. The summed E-state index contributed by atoms with van der Waals surface area (Å²) in [5.74, 6) is 0. The molecule has 1 aliphatic heterocycles. The van der Waals surface area contributed by atoms with Gasteiger partial charge in [0.2, 0.25) is 10.0 Å². The maximum absolute atomic E-state index is 13.5. The van der Waals surface area contributed by atoms with Gasteiger partial charge in [-0.3, -0.25) is 4.79 Å². The maximum atomic E-state index is 13.5. The van der Waals surface area contributed by atoms with Crippen molar-refractivity contribution < 1.29 is 26.3 Å². The van der Waals surface area contributed by atoms with Crippen LogP contribution in [0.15, 0.2) is 52.2 Å². The van der Waals surface area contributed by atoms with Crippen LogP contribution in [0.5, 0.6) is 0 Å². The number of ether oxygens (including phenoxy) is 1. The van der Waals surface area contributed by atoms with Crippen LogP contribution in [-0.4, -0.2) is 37.0 Å². The Morgan fingerprint density at radius 2 is 1.91 bits per heavy atom.